The summed E-state index contributed by atoms with van der Waals surface area (Å²) in [6, 6.07) is 0. The molecule has 0 atom stereocenters. The third-order valence-corrected chi connectivity index (χ3v) is 2.15. The lowest BCUT2D eigenvalue weighted by Crippen LogP contribution is -2.30. The van der Waals surface area contributed by atoms with Crippen LogP contribution in [0.4, 0.5) is 0 Å². The summed E-state index contributed by atoms with van der Waals surface area (Å²) in [6.45, 7) is 4.25. The zero-order valence-corrected chi connectivity index (χ0v) is 9.04. The summed E-state index contributed by atoms with van der Waals surface area (Å²) in [5.74, 6) is 4.70. The molecule has 4 heteroatoms. The molecule has 15 heavy (non-hydrogen) atoms. The molecule has 1 N–H and O–H groups in total. The van der Waals surface area contributed by atoms with Gasteiger partial charge in [0.1, 0.15) is 0 Å². The number of carbonyl (C=O) groups excluding carboxylic acids is 1. The highest BCUT2D eigenvalue weighted by molar-refractivity contribution is 5.93. The van der Waals surface area contributed by atoms with E-state index in [9.17, 15) is 4.79 Å². The van der Waals surface area contributed by atoms with Gasteiger partial charge in [0.05, 0.1) is 12.7 Å². The Kier molecular flexibility index (Phi) is 5.83. The van der Waals surface area contributed by atoms with E-state index in [2.05, 4.69) is 17.2 Å². The molecule has 1 rings (SSSR count). The molecule has 0 saturated carbocycles. The van der Waals surface area contributed by atoms with Gasteiger partial charge in [-0.25, -0.2) is 0 Å². The molecule has 84 valence electrons. The summed E-state index contributed by atoms with van der Waals surface area (Å²) in [6.07, 6.45) is 2.18. The summed E-state index contributed by atoms with van der Waals surface area (Å²) < 4.78 is 10.8. The first-order valence-corrected chi connectivity index (χ1v) is 5.23. The minimum absolute atomic E-state index is 0.243. The van der Waals surface area contributed by atoms with Crippen molar-refractivity contribution < 1.29 is 14.3 Å². The Labute approximate surface area is 90.3 Å². The van der Waals surface area contributed by atoms with Gasteiger partial charge in [-0.3, -0.25) is 4.79 Å². The van der Waals surface area contributed by atoms with Gasteiger partial charge in [0, 0.05) is 19.8 Å². The van der Waals surface area contributed by atoms with Crippen molar-refractivity contribution in [1.29, 1.82) is 0 Å². The molecule has 4 nitrogen and oxygen atoms in total. The van der Waals surface area contributed by atoms with Crippen molar-refractivity contribution >= 4 is 5.91 Å². The average Bonchev–Trinajstić information content (AvgIpc) is 2.26. The minimum atomic E-state index is -0.243. The molecule has 0 aromatic carbocycles. The van der Waals surface area contributed by atoms with Gasteiger partial charge in [0.25, 0.3) is 5.91 Å². The number of hydrogen-bond donors (Lipinski definition) is 1. The van der Waals surface area contributed by atoms with Crippen LogP contribution in [-0.4, -0.2) is 38.4 Å². The average molecular weight is 211 g/mol. The first kappa shape index (κ1) is 12.0. The normalized spacial score (nSPS) is 16.6. The summed E-state index contributed by atoms with van der Waals surface area (Å²) >= 11 is 0. The van der Waals surface area contributed by atoms with Crippen LogP contribution in [-0.2, 0) is 14.3 Å². The topological polar surface area (TPSA) is 47.6 Å². The van der Waals surface area contributed by atoms with Gasteiger partial charge in [-0.05, 0) is 25.7 Å². The van der Waals surface area contributed by atoms with Gasteiger partial charge in [-0.15, -0.1) is 0 Å². The van der Waals surface area contributed by atoms with Crippen molar-refractivity contribution in [2.45, 2.75) is 25.9 Å². The van der Waals surface area contributed by atoms with E-state index in [0.717, 1.165) is 26.1 Å². The Bertz CT molecular complexity index is 248. The Hall–Kier alpha value is -1.05. The minimum Gasteiger partial charge on any atom is -0.381 e. The Morgan fingerprint density at radius 2 is 2.27 bits per heavy atom. The fourth-order valence-electron chi connectivity index (χ4n) is 1.39. The van der Waals surface area contributed by atoms with Crippen LogP contribution in [0.15, 0.2) is 0 Å². The van der Waals surface area contributed by atoms with Crippen molar-refractivity contribution in [2.75, 3.05) is 26.4 Å². The van der Waals surface area contributed by atoms with Gasteiger partial charge in [0.15, 0.2) is 0 Å². The lowest BCUT2D eigenvalue weighted by molar-refractivity contribution is -0.116. The quantitative estimate of drug-likeness (QED) is 0.538. The highest BCUT2D eigenvalue weighted by atomic mass is 16.5. The van der Waals surface area contributed by atoms with E-state index in [1.54, 1.807) is 6.92 Å². The van der Waals surface area contributed by atoms with Crippen LogP contribution in [0.3, 0.4) is 0 Å². The monoisotopic (exact) mass is 211 g/mol. The van der Waals surface area contributed by atoms with E-state index in [4.69, 9.17) is 9.47 Å². The van der Waals surface area contributed by atoms with E-state index < -0.39 is 0 Å². The Morgan fingerprint density at radius 1 is 1.53 bits per heavy atom. The molecule has 0 unspecified atom stereocenters. The van der Waals surface area contributed by atoms with Gasteiger partial charge < -0.3 is 14.8 Å². The predicted octanol–water partition coefficient (Wildman–Crippen LogP) is 0.321. The lowest BCUT2D eigenvalue weighted by atomic mass is 10.2. The van der Waals surface area contributed by atoms with E-state index in [0.29, 0.717) is 13.2 Å². The molecule has 0 spiro atoms. The summed E-state index contributed by atoms with van der Waals surface area (Å²) in [4.78, 5) is 10.9. The molecule has 1 aliphatic rings. The van der Waals surface area contributed by atoms with Gasteiger partial charge >= 0.3 is 0 Å². The number of ether oxygens (including phenoxy) is 2. The molecule has 1 aliphatic heterocycles. The van der Waals surface area contributed by atoms with Crippen molar-refractivity contribution in [2.24, 2.45) is 0 Å². The number of amides is 1. The first-order valence-electron chi connectivity index (χ1n) is 5.23. The van der Waals surface area contributed by atoms with Crippen molar-refractivity contribution in [1.82, 2.24) is 5.32 Å². The van der Waals surface area contributed by atoms with E-state index in [1.165, 1.54) is 0 Å². The van der Waals surface area contributed by atoms with Gasteiger partial charge in [-0.2, -0.15) is 0 Å². The zero-order chi connectivity index (χ0) is 10.9. The highest BCUT2D eigenvalue weighted by Gasteiger charge is 2.13. The van der Waals surface area contributed by atoms with Crippen molar-refractivity contribution in [3.8, 4) is 11.8 Å². The van der Waals surface area contributed by atoms with Crippen LogP contribution in [0.5, 0.6) is 0 Å². The number of nitrogens with one attached hydrogen (secondary N) is 1. The highest BCUT2D eigenvalue weighted by Crippen LogP contribution is 2.09. The SMILES string of the molecule is CC#CC(=O)NCCOC1CCOCC1. The molecular formula is C11H17NO3. The largest absolute Gasteiger partial charge is 0.381 e. The number of hydrogen-bond acceptors (Lipinski definition) is 3. The van der Waals surface area contributed by atoms with Crippen molar-refractivity contribution in [3.63, 3.8) is 0 Å². The second-order valence-electron chi connectivity index (χ2n) is 3.31. The van der Waals surface area contributed by atoms with Gasteiger partial charge in [-0.1, -0.05) is 5.92 Å². The summed E-state index contributed by atoms with van der Waals surface area (Å²) in [5, 5.41) is 2.65. The van der Waals surface area contributed by atoms with Gasteiger partial charge in [0.2, 0.25) is 0 Å². The fourth-order valence-corrected chi connectivity index (χ4v) is 1.39. The standard InChI is InChI=1S/C11H17NO3/c1-2-3-11(13)12-6-9-15-10-4-7-14-8-5-10/h10H,4-9H2,1H3,(H,12,13). The third-order valence-electron chi connectivity index (χ3n) is 2.15. The number of carbonyl (C=O) groups is 1. The number of rotatable bonds is 4. The molecule has 1 fully saturated rings. The van der Waals surface area contributed by atoms with Crippen LogP contribution < -0.4 is 5.32 Å². The zero-order valence-electron chi connectivity index (χ0n) is 9.04. The molecule has 0 bridgehead atoms. The van der Waals surface area contributed by atoms with Crippen LogP contribution >= 0.6 is 0 Å². The lowest BCUT2D eigenvalue weighted by Gasteiger charge is -2.22. The Balaban J connectivity index is 2.00. The third kappa shape index (κ3) is 5.40. The first-order chi connectivity index (χ1) is 7.33. The molecule has 1 amide bonds. The molecule has 1 heterocycles. The summed E-state index contributed by atoms with van der Waals surface area (Å²) in [7, 11) is 0. The van der Waals surface area contributed by atoms with Crippen LogP contribution in [0.25, 0.3) is 0 Å². The maximum atomic E-state index is 10.9. The molecule has 0 aromatic heterocycles. The smallest absolute Gasteiger partial charge is 0.295 e. The maximum Gasteiger partial charge on any atom is 0.295 e. The predicted molar refractivity (Wildman–Crippen MR) is 56.3 cm³/mol. The van der Waals surface area contributed by atoms with Crippen molar-refractivity contribution in [3.05, 3.63) is 0 Å². The molecule has 0 aliphatic carbocycles. The maximum absolute atomic E-state index is 10.9. The van der Waals surface area contributed by atoms with Crippen LogP contribution in [0, 0.1) is 11.8 Å². The van der Waals surface area contributed by atoms with E-state index in [-0.39, 0.29) is 12.0 Å². The van der Waals surface area contributed by atoms with E-state index >= 15 is 0 Å². The summed E-state index contributed by atoms with van der Waals surface area (Å²) in [5.41, 5.74) is 0. The van der Waals surface area contributed by atoms with E-state index in [1.807, 2.05) is 0 Å². The molecule has 0 aromatic rings. The molecule has 0 radical (unpaired) electrons. The molecular weight excluding hydrogens is 194 g/mol. The second-order valence-corrected chi connectivity index (χ2v) is 3.31. The second kappa shape index (κ2) is 7.27. The Morgan fingerprint density at radius 3 is 2.93 bits per heavy atom. The van der Waals surface area contributed by atoms with Crippen LogP contribution in [0.1, 0.15) is 19.8 Å². The molecule has 1 saturated heterocycles. The fraction of sp³-hybridized carbons (Fsp3) is 0.727. The van der Waals surface area contributed by atoms with Crippen LogP contribution in [0.2, 0.25) is 0 Å².